The zero-order chi connectivity index (χ0) is 17.5. The van der Waals surface area contributed by atoms with E-state index < -0.39 is 6.03 Å². The lowest BCUT2D eigenvalue weighted by Gasteiger charge is -2.30. The molecule has 1 atom stereocenters. The number of benzene rings is 1. The van der Waals surface area contributed by atoms with Crippen LogP contribution in [-0.4, -0.2) is 50.7 Å². The van der Waals surface area contributed by atoms with Crippen molar-refractivity contribution in [1.82, 2.24) is 10.2 Å². The number of urea groups is 1. The maximum atomic E-state index is 12.2. The second-order valence-electron chi connectivity index (χ2n) is 5.85. The van der Waals surface area contributed by atoms with E-state index in [4.69, 9.17) is 15.2 Å². The Kier molecular flexibility index (Phi) is 6.28. The molecule has 0 bridgehead atoms. The SMILES string of the molecule is COc1ccc(CCNC(=O)[C@H]2CCCN(C(N)=O)C2)cc1OC. The van der Waals surface area contributed by atoms with Crippen LogP contribution in [-0.2, 0) is 11.2 Å². The molecular formula is C17H25N3O4. The number of primary amides is 1. The Morgan fingerprint density at radius 1 is 1.29 bits per heavy atom. The molecule has 3 amide bonds. The van der Waals surface area contributed by atoms with E-state index in [0.29, 0.717) is 37.6 Å². The number of nitrogens with zero attached hydrogens (tertiary/aromatic N) is 1. The fraction of sp³-hybridized carbons (Fsp3) is 0.529. The number of carbonyl (C=O) groups is 2. The van der Waals surface area contributed by atoms with Gasteiger partial charge in [0.25, 0.3) is 0 Å². The third-order valence-electron chi connectivity index (χ3n) is 4.26. The number of hydrogen-bond acceptors (Lipinski definition) is 4. The lowest BCUT2D eigenvalue weighted by molar-refractivity contribution is -0.126. The molecule has 0 spiro atoms. The van der Waals surface area contributed by atoms with Gasteiger partial charge in [-0.1, -0.05) is 6.07 Å². The van der Waals surface area contributed by atoms with Crippen molar-refractivity contribution in [2.24, 2.45) is 11.7 Å². The first-order chi connectivity index (χ1) is 11.5. The summed E-state index contributed by atoms with van der Waals surface area (Å²) in [5.41, 5.74) is 6.34. The fourth-order valence-electron chi connectivity index (χ4n) is 2.90. The summed E-state index contributed by atoms with van der Waals surface area (Å²) < 4.78 is 10.5. The van der Waals surface area contributed by atoms with Crippen molar-refractivity contribution in [2.75, 3.05) is 33.9 Å². The number of piperidine rings is 1. The Labute approximate surface area is 142 Å². The molecule has 1 aliphatic rings. The predicted octanol–water partition coefficient (Wildman–Crippen LogP) is 1.15. The molecular weight excluding hydrogens is 310 g/mol. The lowest BCUT2D eigenvalue weighted by atomic mass is 9.97. The molecule has 1 aromatic rings. The standard InChI is InChI=1S/C17H25N3O4/c1-23-14-6-5-12(10-15(14)24-2)7-8-19-16(21)13-4-3-9-20(11-13)17(18)22/h5-6,10,13H,3-4,7-9,11H2,1-2H3,(H2,18,22)(H,19,21)/t13-/m0/s1. The molecule has 0 unspecified atom stereocenters. The van der Waals surface area contributed by atoms with Crippen LogP contribution in [0.2, 0.25) is 0 Å². The molecule has 132 valence electrons. The molecule has 1 aromatic carbocycles. The van der Waals surface area contributed by atoms with Crippen LogP contribution in [0, 0.1) is 5.92 Å². The van der Waals surface area contributed by atoms with Gasteiger partial charge in [0, 0.05) is 19.6 Å². The van der Waals surface area contributed by atoms with Crippen LogP contribution in [0.25, 0.3) is 0 Å². The number of likely N-dealkylation sites (tertiary alicyclic amines) is 1. The van der Waals surface area contributed by atoms with Gasteiger partial charge in [0.1, 0.15) is 0 Å². The van der Waals surface area contributed by atoms with Crippen molar-refractivity contribution in [3.05, 3.63) is 23.8 Å². The molecule has 1 aliphatic heterocycles. The minimum atomic E-state index is -0.460. The molecule has 7 heteroatoms. The first-order valence-corrected chi connectivity index (χ1v) is 8.08. The number of ether oxygens (including phenoxy) is 2. The number of amides is 3. The first kappa shape index (κ1) is 17.9. The smallest absolute Gasteiger partial charge is 0.314 e. The summed E-state index contributed by atoms with van der Waals surface area (Å²) in [5, 5.41) is 2.94. The molecule has 0 aliphatic carbocycles. The lowest BCUT2D eigenvalue weighted by Crippen LogP contribution is -2.47. The van der Waals surface area contributed by atoms with Crippen molar-refractivity contribution < 1.29 is 19.1 Å². The summed E-state index contributed by atoms with van der Waals surface area (Å²) in [7, 11) is 3.19. The maximum Gasteiger partial charge on any atom is 0.314 e. The summed E-state index contributed by atoms with van der Waals surface area (Å²) in [6, 6.07) is 5.24. The quantitative estimate of drug-likeness (QED) is 0.815. The second kappa shape index (κ2) is 8.42. The highest BCUT2D eigenvalue weighted by Crippen LogP contribution is 2.27. The van der Waals surface area contributed by atoms with Crippen molar-refractivity contribution in [3.8, 4) is 11.5 Å². The third kappa shape index (κ3) is 4.53. The summed E-state index contributed by atoms with van der Waals surface area (Å²) in [6.07, 6.45) is 2.28. The second-order valence-corrected chi connectivity index (χ2v) is 5.85. The number of hydrogen-bond donors (Lipinski definition) is 2. The van der Waals surface area contributed by atoms with Gasteiger partial charge in [0.05, 0.1) is 20.1 Å². The van der Waals surface area contributed by atoms with Gasteiger partial charge in [-0.2, -0.15) is 0 Å². The molecule has 0 saturated carbocycles. The first-order valence-electron chi connectivity index (χ1n) is 8.08. The van der Waals surface area contributed by atoms with E-state index in [9.17, 15) is 9.59 Å². The highest BCUT2D eigenvalue weighted by atomic mass is 16.5. The van der Waals surface area contributed by atoms with Gasteiger partial charge in [-0.25, -0.2) is 4.79 Å². The molecule has 7 nitrogen and oxygen atoms in total. The van der Waals surface area contributed by atoms with Crippen molar-refractivity contribution in [2.45, 2.75) is 19.3 Å². The van der Waals surface area contributed by atoms with Gasteiger partial charge in [-0.3, -0.25) is 4.79 Å². The number of methoxy groups -OCH3 is 2. The zero-order valence-electron chi connectivity index (χ0n) is 14.2. The van der Waals surface area contributed by atoms with Crippen molar-refractivity contribution in [1.29, 1.82) is 0 Å². The summed E-state index contributed by atoms with van der Waals surface area (Å²) in [6.45, 7) is 1.56. The summed E-state index contributed by atoms with van der Waals surface area (Å²) in [5.74, 6) is 1.14. The minimum Gasteiger partial charge on any atom is -0.493 e. The highest BCUT2D eigenvalue weighted by molar-refractivity contribution is 5.80. The van der Waals surface area contributed by atoms with E-state index >= 15 is 0 Å². The van der Waals surface area contributed by atoms with E-state index in [1.807, 2.05) is 18.2 Å². The Morgan fingerprint density at radius 2 is 2.04 bits per heavy atom. The van der Waals surface area contributed by atoms with Crippen molar-refractivity contribution >= 4 is 11.9 Å². The zero-order valence-corrected chi connectivity index (χ0v) is 14.2. The van der Waals surface area contributed by atoms with Gasteiger partial charge in [0.2, 0.25) is 5.91 Å². The monoisotopic (exact) mass is 335 g/mol. The summed E-state index contributed by atoms with van der Waals surface area (Å²) >= 11 is 0. The average Bonchev–Trinajstić information content (AvgIpc) is 2.61. The van der Waals surface area contributed by atoms with Crippen LogP contribution in [0.4, 0.5) is 4.79 Å². The minimum absolute atomic E-state index is 0.0265. The Morgan fingerprint density at radius 3 is 2.71 bits per heavy atom. The number of rotatable bonds is 6. The Balaban J connectivity index is 1.83. The van der Waals surface area contributed by atoms with Gasteiger partial charge in [-0.05, 0) is 37.0 Å². The van der Waals surface area contributed by atoms with E-state index in [1.54, 1.807) is 14.2 Å². The molecule has 0 radical (unpaired) electrons. The molecule has 1 heterocycles. The topological polar surface area (TPSA) is 93.9 Å². The van der Waals surface area contributed by atoms with E-state index in [0.717, 1.165) is 18.4 Å². The third-order valence-corrected chi connectivity index (χ3v) is 4.26. The van der Waals surface area contributed by atoms with Crippen LogP contribution in [0.3, 0.4) is 0 Å². The van der Waals surface area contributed by atoms with Crippen LogP contribution in [0.15, 0.2) is 18.2 Å². The fourth-order valence-corrected chi connectivity index (χ4v) is 2.90. The van der Waals surface area contributed by atoms with Gasteiger partial charge < -0.3 is 25.4 Å². The molecule has 1 fully saturated rings. The number of nitrogens with two attached hydrogens (primary N) is 1. The van der Waals surface area contributed by atoms with E-state index in [2.05, 4.69) is 5.32 Å². The normalized spacial score (nSPS) is 17.2. The van der Waals surface area contributed by atoms with Crippen LogP contribution in [0.5, 0.6) is 11.5 Å². The molecule has 1 saturated heterocycles. The maximum absolute atomic E-state index is 12.2. The van der Waals surface area contributed by atoms with Gasteiger partial charge in [-0.15, -0.1) is 0 Å². The van der Waals surface area contributed by atoms with Crippen LogP contribution >= 0.6 is 0 Å². The molecule has 0 aromatic heterocycles. The Hall–Kier alpha value is -2.44. The Bertz CT molecular complexity index is 591. The number of nitrogens with one attached hydrogen (secondary N) is 1. The van der Waals surface area contributed by atoms with Crippen molar-refractivity contribution in [3.63, 3.8) is 0 Å². The number of carbonyl (C=O) groups excluding carboxylic acids is 2. The van der Waals surface area contributed by atoms with E-state index in [-0.39, 0.29) is 11.8 Å². The molecule has 24 heavy (non-hydrogen) atoms. The predicted molar refractivity (Wildman–Crippen MR) is 90.1 cm³/mol. The largest absolute Gasteiger partial charge is 0.493 e. The highest BCUT2D eigenvalue weighted by Gasteiger charge is 2.27. The van der Waals surface area contributed by atoms with E-state index in [1.165, 1.54) is 4.90 Å². The average molecular weight is 335 g/mol. The summed E-state index contributed by atoms with van der Waals surface area (Å²) in [4.78, 5) is 25.0. The van der Waals surface area contributed by atoms with Crippen LogP contribution < -0.4 is 20.5 Å². The van der Waals surface area contributed by atoms with Gasteiger partial charge >= 0.3 is 6.03 Å². The van der Waals surface area contributed by atoms with Crippen LogP contribution in [0.1, 0.15) is 18.4 Å². The van der Waals surface area contributed by atoms with Gasteiger partial charge in [0.15, 0.2) is 11.5 Å². The molecule has 3 N–H and O–H groups in total. The molecule has 2 rings (SSSR count).